The summed E-state index contributed by atoms with van der Waals surface area (Å²) in [6.45, 7) is 4.91. The standard InChI is InChI=1S/C46H50F2N8O11/c47-29-6-4-28(5-7-29)41-40(42-38-32(36(57)26-50-42)24-30(48)25-34(38)53-41)43-51-27-52-55(43)11-13-63-15-17-65-19-21-67-23-22-66-20-18-64-16-14-62-12-10-49-33-3-1-2-31-39(33)46(61)56(45(31)60)35-8-9-37(58)54-44(35)59/h1-7,24-25,27,35,40-41,49,53H,8-23,26H2,(H,54,58,59)/t35?,40-,41?/m1/s1. The van der Waals surface area contributed by atoms with Crippen LogP contribution < -0.4 is 16.0 Å². The number of ether oxygens (including phenoxy) is 6. The second-order valence-electron chi connectivity index (χ2n) is 15.8. The third-order valence-corrected chi connectivity index (χ3v) is 11.5. The van der Waals surface area contributed by atoms with Crippen LogP contribution in [0.1, 0.15) is 72.8 Å². The van der Waals surface area contributed by atoms with Gasteiger partial charge in [-0.3, -0.25) is 39.2 Å². The first-order valence-corrected chi connectivity index (χ1v) is 22.1. The topological polar surface area (TPSA) is 223 Å². The predicted octanol–water partition coefficient (Wildman–Crippen LogP) is 3.11. The zero-order chi connectivity index (χ0) is 46.7. The van der Waals surface area contributed by atoms with Gasteiger partial charge < -0.3 is 39.1 Å². The number of anilines is 2. The number of ketones is 1. The van der Waals surface area contributed by atoms with Crippen molar-refractivity contribution in [3.8, 4) is 0 Å². The number of benzene rings is 3. The molecule has 5 heterocycles. The quantitative estimate of drug-likeness (QED) is 0.0642. The molecule has 1 fully saturated rings. The molecule has 67 heavy (non-hydrogen) atoms. The fourth-order valence-electron chi connectivity index (χ4n) is 8.38. The van der Waals surface area contributed by atoms with Gasteiger partial charge in [-0.2, -0.15) is 5.10 Å². The van der Waals surface area contributed by atoms with Gasteiger partial charge in [0.25, 0.3) is 11.8 Å². The number of hydrogen-bond acceptors (Lipinski definition) is 16. The van der Waals surface area contributed by atoms with E-state index < -0.39 is 53.3 Å². The largest absolute Gasteiger partial charge is 0.382 e. The number of fused-ring (bicyclic) bond motifs is 1. The number of halogens is 2. The average molecular weight is 929 g/mol. The maximum absolute atomic E-state index is 14.6. The van der Waals surface area contributed by atoms with Gasteiger partial charge in [-0.05, 0) is 48.4 Å². The van der Waals surface area contributed by atoms with Crippen molar-refractivity contribution in [1.29, 1.82) is 0 Å². The van der Waals surface area contributed by atoms with E-state index >= 15 is 0 Å². The Kier molecular flexibility index (Phi) is 15.8. The van der Waals surface area contributed by atoms with Gasteiger partial charge in [0.2, 0.25) is 11.8 Å². The molecule has 4 aliphatic rings. The Balaban J connectivity index is 0.646. The van der Waals surface area contributed by atoms with Crippen molar-refractivity contribution < 1.29 is 61.2 Å². The number of Topliss-reactive ketones (excluding diaryl/α,β-unsaturated/α-hetero) is 1. The summed E-state index contributed by atoms with van der Waals surface area (Å²) in [6.07, 6.45) is 1.58. The van der Waals surface area contributed by atoms with Crippen molar-refractivity contribution >= 4 is 46.5 Å². The third-order valence-electron chi connectivity index (χ3n) is 11.5. The zero-order valence-electron chi connectivity index (χ0n) is 36.5. The summed E-state index contributed by atoms with van der Waals surface area (Å²) in [5.74, 6) is -3.39. The zero-order valence-corrected chi connectivity index (χ0v) is 36.5. The van der Waals surface area contributed by atoms with Crippen LogP contribution in [0, 0.1) is 11.6 Å². The summed E-state index contributed by atoms with van der Waals surface area (Å²) < 4.78 is 64.0. The molecule has 19 nitrogen and oxygen atoms in total. The number of piperidine rings is 1. The Labute approximate surface area is 383 Å². The van der Waals surface area contributed by atoms with Crippen molar-refractivity contribution in [3.05, 3.63) is 106 Å². The fraction of sp³-hybridized carbons (Fsp3) is 0.435. The number of rotatable bonds is 25. The van der Waals surface area contributed by atoms with Gasteiger partial charge in [-0.1, -0.05) is 18.2 Å². The van der Waals surface area contributed by atoms with E-state index in [-0.39, 0.29) is 41.9 Å². The van der Waals surface area contributed by atoms with Gasteiger partial charge in [0.1, 0.15) is 36.4 Å². The summed E-state index contributed by atoms with van der Waals surface area (Å²) in [7, 11) is 0. The lowest BCUT2D eigenvalue weighted by Gasteiger charge is -2.38. The molecule has 4 aromatic rings. The van der Waals surface area contributed by atoms with Crippen LogP contribution in [0.25, 0.3) is 0 Å². The average Bonchev–Trinajstić information content (AvgIpc) is 3.88. The van der Waals surface area contributed by atoms with Gasteiger partial charge in [0.05, 0.1) is 115 Å². The molecule has 0 bridgehead atoms. The number of carbonyl (C=O) groups is 5. The molecule has 4 aliphatic heterocycles. The molecule has 1 saturated heterocycles. The number of imide groups is 2. The number of aromatic nitrogens is 3. The molecular formula is C46H50F2N8O11. The molecule has 8 rings (SSSR count). The van der Waals surface area contributed by atoms with Crippen molar-refractivity contribution in [2.45, 2.75) is 37.4 Å². The van der Waals surface area contributed by atoms with Crippen molar-refractivity contribution in [1.82, 2.24) is 25.0 Å². The maximum atomic E-state index is 14.6. The SMILES string of the molecule is O=C1CCC(N2C(=O)c3cccc(NCCOCCOCCOCCOCCOCCOCCn4ncnc4[C@H]4C5=NCC(=O)c6cc(F)cc(c65)NC4c4ccc(F)cc4)c3C2=O)C(=O)N1. The van der Waals surface area contributed by atoms with Crippen LogP contribution in [0.3, 0.4) is 0 Å². The summed E-state index contributed by atoms with van der Waals surface area (Å²) in [6, 6.07) is 12.0. The number of nitrogens with one attached hydrogen (secondary N) is 3. The van der Waals surface area contributed by atoms with Gasteiger partial charge in [-0.15, -0.1) is 0 Å². The van der Waals surface area contributed by atoms with Gasteiger partial charge in [-0.25, -0.2) is 18.4 Å². The van der Waals surface area contributed by atoms with Crippen molar-refractivity contribution in [2.75, 3.05) is 103 Å². The van der Waals surface area contributed by atoms with Crippen LogP contribution in [0.4, 0.5) is 20.2 Å². The lowest BCUT2D eigenvalue weighted by Crippen LogP contribution is -2.54. The summed E-state index contributed by atoms with van der Waals surface area (Å²) >= 11 is 0. The molecular weight excluding hydrogens is 879 g/mol. The van der Waals surface area contributed by atoms with E-state index in [0.717, 1.165) is 10.5 Å². The highest BCUT2D eigenvalue weighted by molar-refractivity contribution is 6.25. The van der Waals surface area contributed by atoms with E-state index in [1.807, 2.05) is 0 Å². The van der Waals surface area contributed by atoms with E-state index in [1.165, 1.54) is 30.6 Å². The molecule has 0 spiro atoms. The molecule has 21 heteroatoms. The smallest absolute Gasteiger partial charge is 0.264 e. The van der Waals surface area contributed by atoms with Crippen molar-refractivity contribution in [3.63, 3.8) is 0 Å². The second-order valence-corrected chi connectivity index (χ2v) is 15.8. The minimum atomic E-state index is -1.03. The predicted molar refractivity (Wildman–Crippen MR) is 234 cm³/mol. The molecule has 3 atom stereocenters. The Morgan fingerprint density at radius 1 is 0.716 bits per heavy atom. The normalized spacial score (nSPS) is 18.7. The highest BCUT2D eigenvalue weighted by atomic mass is 19.1. The van der Waals surface area contributed by atoms with Crippen LogP contribution in [-0.4, -0.2) is 153 Å². The number of aliphatic imine (C=N–C) groups is 1. The Morgan fingerprint density at radius 2 is 1.37 bits per heavy atom. The van der Waals surface area contributed by atoms with E-state index in [0.29, 0.717) is 121 Å². The van der Waals surface area contributed by atoms with E-state index in [1.54, 1.807) is 35.0 Å². The molecule has 4 amide bonds. The maximum Gasteiger partial charge on any atom is 0.264 e. The summed E-state index contributed by atoms with van der Waals surface area (Å²) in [5.41, 5.74) is 3.41. The van der Waals surface area contributed by atoms with E-state index in [9.17, 15) is 32.8 Å². The lowest BCUT2D eigenvalue weighted by molar-refractivity contribution is -0.136. The summed E-state index contributed by atoms with van der Waals surface area (Å²) in [4.78, 5) is 73.1. The first-order chi connectivity index (χ1) is 32.7. The van der Waals surface area contributed by atoms with Crippen LogP contribution in [0.2, 0.25) is 0 Å². The molecule has 0 radical (unpaired) electrons. The molecule has 354 valence electrons. The first kappa shape index (κ1) is 47.1. The van der Waals surface area contributed by atoms with E-state index in [2.05, 4.69) is 31.0 Å². The minimum Gasteiger partial charge on any atom is -0.382 e. The molecule has 3 N–H and O–H groups in total. The molecule has 0 aliphatic carbocycles. The number of hydrogen-bond donors (Lipinski definition) is 3. The van der Waals surface area contributed by atoms with Gasteiger partial charge in [0, 0.05) is 35.5 Å². The van der Waals surface area contributed by atoms with E-state index in [4.69, 9.17) is 28.4 Å². The molecule has 0 saturated carbocycles. The minimum absolute atomic E-state index is 0.0507. The van der Waals surface area contributed by atoms with Crippen LogP contribution in [0.5, 0.6) is 0 Å². The Bertz CT molecular complexity index is 2490. The third kappa shape index (κ3) is 11.1. The monoisotopic (exact) mass is 928 g/mol. The number of amides is 4. The first-order valence-electron chi connectivity index (χ1n) is 22.1. The number of carbonyl (C=O) groups excluding carboxylic acids is 5. The second kappa shape index (κ2) is 22.4. The highest BCUT2D eigenvalue weighted by Gasteiger charge is 2.46. The molecule has 1 aromatic heterocycles. The van der Waals surface area contributed by atoms with Gasteiger partial charge >= 0.3 is 0 Å². The number of nitrogens with zero attached hydrogens (tertiary/aromatic N) is 5. The van der Waals surface area contributed by atoms with Crippen LogP contribution in [0.15, 0.2) is 65.9 Å². The fourth-order valence-corrected chi connectivity index (χ4v) is 8.38. The summed E-state index contributed by atoms with van der Waals surface area (Å²) in [5, 5.41) is 13.1. The highest BCUT2D eigenvalue weighted by Crippen LogP contribution is 2.45. The molecule has 3 aromatic carbocycles. The van der Waals surface area contributed by atoms with Crippen LogP contribution in [-0.2, 0) is 44.6 Å². The molecule has 2 unspecified atom stereocenters. The van der Waals surface area contributed by atoms with Crippen LogP contribution >= 0.6 is 0 Å². The lowest BCUT2D eigenvalue weighted by atomic mass is 9.78. The Morgan fingerprint density at radius 3 is 2.04 bits per heavy atom. The Hall–Kier alpha value is -6.36. The van der Waals surface area contributed by atoms with Gasteiger partial charge in [0.15, 0.2) is 5.78 Å². The van der Waals surface area contributed by atoms with Crippen molar-refractivity contribution in [2.24, 2.45) is 4.99 Å².